The van der Waals surface area contributed by atoms with Gasteiger partial charge in [-0.3, -0.25) is 9.89 Å². The van der Waals surface area contributed by atoms with Gasteiger partial charge in [0.1, 0.15) is 5.69 Å². The molecule has 1 heterocycles. The van der Waals surface area contributed by atoms with Crippen molar-refractivity contribution < 1.29 is 14.6 Å². The average Bonchev–Trinajstić information content (AvgIpc) is 3.19. The Morgan fingerprint density at radius 1 is 1.26 bits per heavy atom. The largest absolute Gasteiger partial charge is 0.504 e. The lowest BCUT2D eigenvalue weighted by Crippen LogP contribution is -2.18. The summed E-state index contributed by atoms with van der Waals surface area (Å²) in [4.78, 5) is 12.2. The van der Waals surface area contributed by atoms with E-state index in [9.17, 15) is 9.90 Å². The Hall–Kier alpha value is -3.61. The van der Waals surface area contributed by atoms with Crippen LogP contribution in [0.2, 0.25) is 0 Å². The van der Waals surface area contributed by atoms with E-state index in [1.807, 2.05) is 24.3 Å². The number of methoxy groups -OCH3 is 1. The third kappa shape index (κ3) is 4.33. The van der Waals surface area contributed by atoms with Crippen molar-refractivity contribution in [2.75, 3.05) is 7.11 Å². The number of aromatic nitrogens is 2. The van der Waals surface area contributed by atoms with E-state index < -0.39 is 5.91 Å². The van der Waals surface area contributed by atoms with Gasteiger partial charge in [-0.25, -0.2) is 5.43 Å². The number of carbonyl (C=O) groups excluding carboxylic acids is 1. The summed E-state index contributed by atoms with van der Waals surface area (Å²) in [6.45, 7) is 2.10. The molecule has 7 heteroatoms. The monoisotopic (exact) mass is 364 g/mol. The predicted molar refractivity (Wildman–Crippen MR) is 103 cm³/mol. The summed E-state index contributed by atoms with van der Waals surface area (Å²) in [6.07, 6.45) is 2.43. The fourth-order valence-corrected chi connectivity index (χ4v) is 2.50. The number of amides is 1. The second-order valence-corrected chi connectivity index (χ2v) is 5.85. The van der Waals surface area contributed by atoms with Crippen LogP contribution in [0.5, 0.6) is 11.5 Å². The maximum atomic E-state index is 12.2. The summed E-state index contributed by atoms with van der Waals surface area (Å²) < 4.78 is 5.03. The van der Waals surface area contributed by atoms with Crippen LogP contribution in [0.15, 0.2) is 53.6 Å². The van der Waals surface area contributed by atoms with Gasteiger partial charge in [-0.05, 0) is 41.8 Å². The predicted octanol–water partition coefficient (Wildman–Crippen LogP) is 3.12. The summed E-state index contributed by atoms with van der Waals surface area (Å²) in [6, 6.07) is 14.5. The molecular weight excluding hydrogens is 344 g/mol. The van der Waals surface area contributed by atoms with Crippen LogP contribution in [0.3, 0.4) is 0 Å². The lowest BCUT2D eigenvalue weighted by Gasteiger charge is -2.03. The maximum Gasteiger partial charge on any atom is 0.289 e. The van der Waals surface area contributed by atoms with Crippen molar-refractivity contribution in [1.29, 1.82) is 0 Å². The molecule has 138 valence electrons. The van der Waals surface area contributed by atoms with Crippen molar-refractivity contribution in [2.24, 2.45) is 5.10 Å². The number of aromatic amines is 1. The van der Waals surface area contributed by atoms with Crippen molar-refractivity contribution in [3.8, 4) is 22.8 Å². The Morgan fingerprint density at radius 2 is 2.04 bits per heavy atom. The molecule has 0 saturated carbocycles. The first-order valence-corrected chi connectivity index (χ1v) is 8.46. The zero-order valence-electron chi connectivity index (χ0n) is 15.1. The molecule has 0 unspecified atom stereocenters. The highest BCUT2D eigenvalue weighted by Gasteiger charge is 2.10. The van der Waals surface area contributed by atoms with Gasteiger partial charge in [-0.1, -0.05) is 31.2 Å². The van der Waals surface area contributed by atoms with E-state index in [1.54, 1.807) is 18.2 Å². The van der Waals surface area contributed by atoms with Gasteiger partial charge < -0.3 is 9.84 Å². The minimum absolute atomic E-state index is 0.0376. The van der Waals surface area contributed by atoms with Crippen LogP contribution < -0.4 is 10.2 Å². The highest BCUT2D eigenvalue weighted by Crippen LogP contribution is 2.25. The summed E-state index contributed by atoms with van der Waals surface area (Å²) in [5.74, 6) is -0.0332. The molecule has 0 radical (unpaired) electrons. The molecule has 1 aromatic heterocycles. The Balaban J connectivity index is 1.65. The molecule has 0 aliphatic rings. The van der Waals surface area contributed by atoms with Crippen LogP contribution in [0.4, 0.5) is 0 Å². The normalized spacial score (nSPS) is 10.9. The molecule has 0 spiro atoms. The van der Waals surface area contributed by atoms with E-state index >= 15 is 0 Å². The third-order valence-corrected chi connectivity index (χ3v) is 4.06. The van der Waals surface area contributed by atoms with E-state index in [4.69, 9.17) is 4.74 Å². The lowest BCUT2D eigenvalue weighted by atomic mass is 10.1. The molecule has 2 aromatic carbocycles. The second-order valence-electron chi connectivity index (χ2n) is 5.85. The summed E-state index contributed by atoms with van der Waals surface area (Å²) in [5.41, 5.74) is 6.29. The third-order valence-electron chi connectivity index (χ3n) is 4.06. The number of aromatic hydroxyl groups is 1. The van der Waals surface area contributed by atoms with E-state index in [2.05, 4.69) is 27.6 Å². The van der Waals surface area contributed by atoms with Gasteiger partial charge in [0.2, 0.25) is 0 Å². The van der Waals surface area contributed by atoms with Crippen molar-refractivity contribution in [3.05, 3.63) is 65.4 Å². The van der Waals surface area contributed by atoms with Gasteiger partial charge in [-0.2, -0.15) is 10.2 Å². The van der Waals surface area contributed by atoms with Gasteiger partial charge in [-0.15, -0.1) is 0 Å². The topological polar surface area (TPSA) is 99.6 Å². The van der Waals surface area contributed by atoms with Crippen molar-refractivity contribution >= 4 is 12.1 Å². The number of phenols is 1. The number of hydrazone groups is 1. The molecule has 3 aromatic rings. The van der Waals surface area contributed by atoms with E-state index in [-0.39, 0.29) is 5.75 Å². The number of aryl methyl sites for hydroxylation is 1. The average molecular weight is 364 g/mol. The standard InChI is InChI=1S/C20H20N4O3/c1-3-13-4-7-15(8-5-13)16-11-17(23-22-16)20(26)24-21-12-14-6-9-18(25)19(10-14)27-2/h4-12,25H,3H2,1-2H3,(H,22,23)(H,24,26)/b21-12+. The number of hydrogen-bond acceptors (Lipinski definition) is 5. The van der Waals surface area contributed by atoms with Crippen LogP contribution in [0.1, 0.15) is 28.5 Å². The lowest BCUT2D eigenvalue weighted by molar-refractivity contribution is 0.0950. The van der Waals surface area contributed by atoms with Crippen LogP contribution in [-0.2, 0) is 6.42 Å². The summed E-state index contributed by atoms with van der Waals surface area (Å²) >= 11 is 0. The Labute approximate surface area is 156 Å². The van der Waals surface area contributed by atoms with E-state index in [1.165, 1.54) is 25.0 Å². The molecule has 27 heavy (non-hydrogen) atoms. The van der Waals surface area contributed by atoms with E-state index in [0.717, 1.165) is 12.0 Å². The van der Waals surface area contributed by atoms with Gasteiger partial charge in [0.15, 0.2) is 11.5 Å². The van der Waals surface area contributed by atoms with Crippen molar-refractivity contribution in [3.63, 3.8) is 0 Å². The van der Waals surface area contributed by atoms with Gasteiger partial charge in [0.05, 0.1) is 19.0 Å². The number of carbonyl (C=O) groups is 1. The van der Waals surface area contributed by atoms with E-state index in [0.29, 0.717) is 22.7 Å². The molecule has 0 aliphatic heterocycles. The van der Waals surface area contributed by atoms with Crippen molar-refractivity contribution in [1.82, 2.24) is 15.6 Å². The Morgan fingerprint density at radius 3 is 2.74 bits per heavy atom. The quantitative estimate of drug-likeness (QED) is 0.462. The van der Waals surface area contributed by atoms with Crippen molar-refractivity contribution in [2.45, 2.75) is 13.3 Å². The SMILES string of the molecule is CCc1ccc(-c2cc(C(=O)N/N=C/c3ccc(O)c(OC)c3)[nH]n2)cc1. The first kappa shape index (κ1) is 18.2. The zero-order valence-corrected chi connectivity index (χ0v) is 15.1. The highest BCUT2D eigenvalue weighted by atomic mass is 16.5. The molecule has 0 atom stereocenters. The minimum Gasteiger partial charge on any atom is -0.504 e. The van der Waals surface area contributed by atoms with Crippen LogP contribution in [0, 0.1) is 0 Å². The highest BCUT2D eigenvalue weighted by molar-refractivity contribution is 5.94. The fraction of sp³-hybridized carbons (Fsp3) is 0.150. The summed E-state index contributed by atoms with van der Waals surface area (Å²) in [5, 5.41) is 20.4. The zero-order chi connectivity index (χ0) is 19.2. The molecule has 0 saturated heterocycles. The van der Waals surface area contributed by atoms with Gasteiger partial charge >= 0.3 is 0 Å². The Kier molecular flexibility index (Phi) is 5.51. The summed E-state index contributed by atoms with van der Waals surface area (Å²) in [7, 11) is 1.46. The molecule has 3 N–H and O–H groups in total. The first-order chi connectivity index (χ1) is 13.1. The number of nitrogens with zero attached hydrogens (tertiary/aromatic N) is 2. The number of H-pyrrole nitrogens is 1. The van der Waals surface area contributed by atoms with Crippen LogP contribution in [0.25, 0.3) is 11.3 Å². The number of ether oxygens (including phenoxy) is 1. The number of rotatable bonds is 6. The number of phenolic OH excluding ortho intramolecular Hbond substituents is 1. The van der Waals surface area contributed by atoms with Gasteiger partial charge in [0, 0.05) is 5.56 Å². The molecule has 0 aliphatic carbocycles. The van der Waals surface area contributed by atoms with Gasteiger partial charge in [0.25, 0.3) is 5.91 Å². The molecule has 0 fully saturated rings. The molecule has 1 amide bonds. The number of nitrogens with one attached hydrogen (secondary N) is 2. The molecule has 7 nitrogen and oxygen atoms in total. The first-order valence-electron chi connectivity index (χ1n) is 8.46. The smallest absolute Gasteiger partial charge is 0.289 e. The maximum absolute atomic E-state index is 12.2. The second kappa shape index (κ2) is 8.18. The molecular formula is C20H20N4O3. The number of benzene rings is 2. The van der Waals surface area contributed by atoms with Crippen LogP contribution >= 0.6 is 0 Å². The number of hydrogen-bond donors (Lipinski definition) is 3. The molecule has 3 rings (SSSR count). The van der Waals surface area contributed by atoms with Crippen LogP contribution in [-0.4, -0.2) is 34.5 Å². The Bertz CT molecular complexity index is 962. The fourth-order valence-electron chi connectivity index (χ4n) is 2.50. The minimum atomic E-state index is -0.402. The molecule has 0 bridgehead atoms.